The fraction of sp³-hybridized carbons (Fsp3) is 0.160. The highest BCUT2D eigenvalue weighted by molar-refractivity contribution is 7.92. The van der Waals surface area contributed by atoms with Crippen LogP contribution in [0, 0.1) is 5.41 Å². The highest BCUT2D eigenvalue weighted by Gasteiger charge is 2.36. The van der Waals surface area contributed by atoms with E-state index in [1.54, 1.807) is 0 Å². The Balaban J connectivity index is 1.86. The Morgan fingerprint density at radius 1 is 1.07 bits per heavy atom. The van der Waals surface area contributed by atoms with Crippen molar-refractivity contribution in [3.63, 3.8) is 0 Å². The fourth-order valence-corrected chi connectivity index (χ4v) is 5.29. The Morgan fingerprint density at radius 2 is 1.73 bits per heavy atom. The molecule has 2 aromatic carbocycles. The zero-order valence-corrected chi connectivity index (χ0v) is 21.6. The molecule has 0 saturated heterocycles. The van der Waals surface area contributed by atoms with E-state index < -0.39 is 56.9 Å². The molecule has 0 unspecified atom stereocenters. The lowest BCUT2D eigenvalue weighted by atomic mass is 10.0. The van der Waals surface area contributed by atoms with Crippen LogP contribution in [-0.2, 0) is 22.7 Å². The van der Waals surface area contributed by atoms with E-state index in [1.807, 2.05) is 0 Å². The number of rotatable bonds is 6. The first-order chi connectivity index (χ1) is 19.0. The third-order valence-electron chi connectivity index (χ3n) is 5.63. The van der Waals surface area contributed by atoms with Crippen LogP contribution in [0.1, 0.15) is 28.5 Å². The standard InChI is InChI=1S/C25H19F6N5O4S/c1-13(32)10-18(33)22(37)14-2-8-19-20(11-14)36(12-15-3-9-21(24(26,27)28)35-23(15)34-19)41(38,39)17-6-4-16(5-7-17)40-25(29,30)31/h2-11,33H,12,32H2,1H3,(H,34,35)/b13-10-,33-18?. The van der Waals surface area contributed by atoms with Crippen molar-refractivity contribution in [1.82, 2.24) is 4.98 Å². The molecule has 0 aliphatic carbocycles. The number of aromatic nitrogens is 1. The molecule has 0 bridgehead atoms. The van der Waals surface area contributed by atoms with Gasteiger partial charge in [0.05, 0.1) is 22.8 Å². The number of carbonyl (C=O) groups is 1. The number of nitrogens with two attached hydrogens (primary N) is 1. The number of benzene rings is 2. The number of halogens is 6. The monoisotopic (exact) mass is 599 g/mol. The number of fused-ring (bicyclic) bond motifs is 2. The van der Waals surface area contributed by atoms with Crippen molar-refractivity contribution in [2.75, 3.05) is 9.62 Å². The van der Waals surface area contributed by atoms with E-state index in [4.69, 9.17) is 11.1 Å². The lowest BCUT2D eigenvalue weighted by Gasteiger charge is -2.25. The molecule has 0 spiro atoms. The molecule has 216 valence electrons. The van der Waals surface area contributed by atoms with E-state index in [1.165, 1.54) is 19.1 Å². The molecule has 4 rings (SSSR count). The second-order valence-corrected chi connectivity index (χ2v) is 10.6. The third-order valence-corrected chi connectivity index (χ3v) is 7.40. The zero-order chi connectivity index (χ0) is 30.3. The molecule has 1 aliphatic heterocycles. The average Bonchev–Trinajstić information content (AvgIpc) is 3.03. The first-order valence-corrected chi connectivity index (χ1v) is 12.8. The number of hydrogen-bond acceptors (Lipinski definition) is 8. The summed E-state index contributed by atoms with van der Waals surface area (Å²) in [5, 5.41) is 10.6. The van der Waals surface area contributed by atoms with E-state index in [0.29, 0.717) is 6.07 Å². The summed E-state index contributed by atoms with van der Waals surface area (Å²) >= 11 is 0. The first kappa shape index (κ1) is 29.4. The number of pyridine rings is 1. The summed E-state index contributed by atoms with van der Waals surface area (Å²) < 4.78 is 110. The van der Waals surface area contributed by atoms with Crippen LogP contribution in [0.25, 0.3) is 0 Å². The van der Waals surface area contributed by atoms with Gasteiger partial charge < -0.3 is 15.8 Å². The number of nitrogens with one attached hydrogen (secondary N) is 2. The molecule has 16 heteroatoms. The molecule has 0 radical (unpaired) electrons. The molecule has 4 N–H and O–H groups in total. The van der Waals surface area contributed by atoms with Crippen LogP contribution in [0.4, 0.5) is 43.5 Å². The van der Waals surface area contributed by atoms with Crippen molar-refractivity contribution < 1.29 is 44.3 Å². The van der Waals surface area contributed by atoms with Gasteiger partial charge in [-0.15, -0.1) is 13.2 Å². The molecule has 41 heavy (non-hydrogen) atoms. The van der Waals surface area contributed by atoms with Crippen LogP contribution in [0.2, 0.25) is 0 Å². The van der Waals surface area contributed by atoms with Gasteiger partial charge in [0.2, 0.25) is 5.78 Å². The van der Waals surface area contributed by atoms with E-state index >= 15 is 0 Å². The number of ketones is 1. The fourth-order valence-electron chi connectivity index (χ4n) is 3.84. The van der Waals surface area contributed by atoms with Gasteiger partial charge in [0, 0.05) is 16.8 Å². The van der Waals surface area contributed by atoms with Gasteiger partial charge in [-0.3, -0.25) is 14.5 Å². The van der Waals surface area contributed by atoms with Gasteiger partial charge in [-0.05, 0) is 61.5 Å². The lowest BCUT2D eigenvalue weighted by molar-refractivity contribution is -0.274. The van der Waals surface area contributed by atoms with Crippen LogP contribution in [0.15, 0.2) is 71.3 Å². The number of nitrogens with zero attached hydrogens (tertiary/aromatic N) is 2. The van der Waals surface area contributed by atoms with E-state index in [0.717, 1.165) is 46.8 Å². The van der Waals surface area contributed by atoms with E-state index in [2.05, 4.69) is 15.0 Å². The SMILES string of the molecule is C/C(N)=C/C(=N)C(=O)c1ccc2c(c1)N(S(=O)(=O)c1ccc(OC(F)(F)F)cc1)Cc1ccc(C(F)(F)F)nc1N2. The van der Waals surface area contributed by atoms with Crippen molar-refractivity contribution in [3.05, 3.63) is 83.2 Å². The van der Waals surface area contributed by atoms with Crippen molar-refractivity contribution in [1.29, 1.82) is 5.41 Å². The summed E-state index contributed by atoms with van der Waals surface area (Å²) in [6.45, 7) is 0.877. The maximum absolute atomic E-state index is 13.8. The molecule has 0 fully saturated rings. The van der Waals surface area contributed by atoms with Gasteiger partial charge in [-0.1, -0.05) is 6.07 Å². The summed E-state index contributed by atoms with van der Waals surface area (Å²) in [7, 11) is -4.61. The van der Waals surface area contributed by atoms with E-state index in [-0.39, 0.29) is 34.0 Å². The summed E-state index contributed by atoms with van der Waals surface area (Å²) in [5.41, 5.74) is 3.57. The van der Waals surface area contributed by atoms with Gasteiger partial charge in [-0.25, -0.2) is 13.4 Å². The number of ether oxygens (including phenoxy) is 1. The number of hydrogen-bond donors (Lipinski definition) is 3. The topological polar surface area (TPSA) is 138 Å². The van der Waals surface area contributed by atoms with Crippen molar-refractivity contribution >= 4 is 38.7 Å². The average molecular weight is 600 g/mol. The normalized spacial score (nSPS) is 13.9. The van der Waals surface area contributed by atoms with Gasteiger partial charge >= 0.3 is 12.5 Å². The highest BCUT2D eigenvalue weighted by Crippen LogP contribution is 2.40. The molecule has 0 saturated carbocycles. The van der Waals surface area contributed by atoms with Crippen molar-refractivity contribution in [3.8, 4) is 5.75 Å². The van der Waals surface area contributed by atoms with Gasteiger partial charge in [-0.2, -0.15) is 13.2 Å². The molecule has 3 aromatic rings. The maximum atomic E-state index is 13.8. The largest absolute Gasteiger partial charge is 0.573 e. The number of alkyl halides is 6. The summed E-state index contributed by atoms with van der Waals surface area (Å²) in [6, 6.07) is 8.57. The van der Waals surface area contributed by atoms with Gasteiger partial charge in [0.15, 0.2) is 0 Å². The maximum Gasteiger partial charge on any atom is 0.573 e. The summed E-state index contributed by atoms with van der Waals surface area (Å²) in [4.78, 5) is 16.0. The smallest absolute Gasteiger partial charge is 0.406 e. The minimum absolute atomic E-state index is 0.0251. The molecule has 0 amide bonds. The number of Topliss-reactive ketones (excluding diaryl/α,β-unsaturated/α-hetero) is 1. The lowest BCUT2D eigenvalue weighted by Crippen LogP contribution is -2.30. The predicted octanol–water partition coefficient (Wildman–Crippen LogP) is 5.52. The van der Waals surface area contributed by atoms with Crippen molar-refractivity contribution in [2.24, 2.45) is 5.73 Å². The summed E-state index contributed by atoms with van der Waals surface area (Å²) in [5.74, 6) is -1.82. The minimum atomic E-state index is -5.02. The number of carbonyl (C=O) groups excluding carboxylic acids is 1. The molecule has 1 aliphatic rings. The minimum Gasteiger partial charge on any atom is -0.406 e. The zero-order valence-electron chi connectivity index (χ0n) is 20.8. The molecule has 1 aromatic heterocycles. The second-order valence-electron chi connectivity index (χ2n) is 8.72. The summed E-state index contributed by atoms with van der Waals surface area (Å²) in [6.07, 6.45) is -8.73. The Kier molecular flexibility index (Phi) is 7.47. The Labute approximate surface area is 228 Å². The van der Waals surface area contributed by atoms with Crippen molar-refractivity contribution in [2.45, 2.75) is 30.9 Å². The number of allylic oxidation sites excluding steroid dienone is 2. The van der Waals surface area contributed by atoms with Crippen LogP contribution in [0.3, 0.4) is 0 Å². The molecule has 0 atom stereocenters. The van der Waals surface area contributed by atoms with Crippen LogP contribution >= 0.6 is 0 Å². The highest BCUT2D eigenvalue weighted by atomic mass is 32.2. The Hall–Kier alpha value is -4.60. The van der Waals surface area contributed by atoms with Gasteiger partial charge in [0.25, 0.3) is 10.0 Å². The number of sulfonamides is 1. The quantitative estimate of drug-likeness (QED) is 0.193. The first-order valence-electron chi connectivity index (χ1n) is 11.4. The van der Waals surface area contributed by atoms with Gasteiger partial charge in [0.1, 0.15) is 23.0 Å². The van der Waals surface area contributed by atoms with Crippen LogP contribution in [-0.4, -0.2) is 31.3 Å². The Bertz CT molecular complexity index is 1670. The number of anilines is 3. The molecular formula is C25H19F6N5O4S. The molecule has 2 heterocycles. The molecular weight excluding hydrogens is 580 g/mol. The third kappa shape index (κ3) is 6.42. The van der Waals surface area contributed by atoms with Crippen LogP contribution < -0.4 is 20.1 Å². The van der Waals surface area contributed by atoms with E-state index in [9.17, 15) is 39.6 Å². The Morgan fingerprint density at radius 3 is 2.32 bits per heavy atom. The predicted molar refractivity (Wildman–Crippen MR) is 135 cm³/mol. The van der Waals surface area contributed by atoms with Crippen LogP contribution in [0.5, 0.6) is 5.75 Å². The second kappa shape index (κ2) is 10.4. The molecule has 9 nitrogen and oxygen atoms in total.